The molecule has 1 rings (SSSR count). The second-order valence-corrected chi connectivity index (χ2v) is 4.42. The maximum atomic E-state index is 11.8. The van der Waals surface area contributed by atoms with Crippen molar-refractivity contribution in [2.75, 3.05) is 26.4 Å². The summed E-state index contributed by atoms with van der Waals surface area (Å²) in [5.41, 5.74) is 0. The van der Waals surface area contributed by atoms with E-state index in [-0.39, 0.29) is 0 Å². The van der Waals surface area contributed by atoms with Crippen LogP contribution >= 0.6 is 0 Å². The van der Waals surface area contributed by atoms with E-state index in [1.165, 1.54) is 0 Å². The molecule has 1 aliphatic rings. The van der Waals surface area contributed by atoms with E-state index in [0.717, 1.165) is 32.3 Å². The van der Waals surface area contributed by atoms with Crippen molar-refractivity contribution in [2.24, 2.45) is 0 Å². The molecular formula is C12H23F2NO2. The number of hydrogen-bond acceptors (Lipinski definition) is 3. The summed E-state index contributed by atoms with van der Waals surface area (Å²) in [6.07, 6.45) is 2.23. The summed E-state index contributed by atoms with van der Waals surface area (Å²) < 4.78 is 34.0. The zero-order chi connectivity index (χ0) is 12.5. The summed E-state index contributed by atoms with van der Waals surface area (Å²) in [5, 5.41) is 3.33. The quantitative estimate of drug-likeness (QED) is 0.671. The minimum Gasteiger partial charge on any atom is -0.378 e. The summed E-state index contributed by atoms with van der Waals surface area (Å²) in [5.74, 6) is 0. The Balaban J connectivity index is 2.02. The van der Waals surface area contributed by atoms with Crippen LogP contribution in [0.4, 0.5) is 8.78 Å². The molecule has 0 radical (unpaired) electrons. The van der Waals surface area contributed by atoms with Crippen molar-refractivity contribution in [1.82, 2.24) is 5.32 Å². The van der Waals surface area contributed by atoms with Gasteiger partial charge in [-0.25, -0.2) is 8.78 Å². The van der Waals surface area contributed by atoms with E-state index in [1.54, 1.807) is 0 Å². The van der Waals surface area contributed by atoms with E-state index < -0.39 is 13.0 Å². The highest BCUT2D eigenvalue weighted by atomic mass is 19.3. The van der Waals surface area contributed by atoms with Gasteiger partial charge in [0.25, 0.3) is 6.43 Å². The highest BCUT2D eigenvalue weighted by molar-refractivity contribution is 4.76. The Hall–Kier alpha value is -0.260. The Morgan fingerprint density at radius 1 is 1.47 bits per heavy atom. The first-order chi connectivity index (χ1) is 8.22. The van der Waals surface area contributed by atoms with Gasteiger partial charge in [-0.05, 0) is 19.3 Å². The van der Waals surface area contributed by atoms with Crippen molar-refractivity contribution in [1.29, 1.82) is 0 Å². The predicted octanol–water partition coefficient (Wildman–Crippen LogP) is 2.21. The molecule has 0 aromatic carbocycles. The maximum Gasteiger partial charge on any atom is 0.261 e. The monoisotopic (exact) mass is 251 g/mol. The highest BCUT2D eigenvalue weighted by Crippen LogP contribution is 2.17. The van der Waals surface area contributed by atoms with Gasteiger partial charge in [0.2, 0.25) is 0 Å². The van der Waals surface area contributed by atoms with Gasteiger partial charge < -0.3 is 14.8 Å². The van der Waals surface area contributed by atoms with E-state index in [1.807, 2.05) is 0 Å². The molecule has 102 valence electrons. The molecule has 2 unspecified atom stereocenters. The van der Waals surface area contributed by atoms with E-state index in [4.69, 9.17) is 9.47 Å². The lowest BCUT2D eigenvalue weighted by molar-refractivity contribution is -0.00744. The lowest BCUT2D eigenvalue weighted by Crippen LogP contribution is -2.40. The zero-order valence-electron chi connectivity index (χ0n) is 10.5. The lowest BCUT2D eigenvalue weighted by atomic mass is 10.0. The molecule has 1 N–H and O–H groups in total. The van der Waals surface area contributed by atoms with Gasteiger partial charge in [-0.1, -0.05) is 13.3 Å². The van der Waals surface area contributed by atoms with Crippen molar-refractivity contribution >= 4 is 0 Å². The Bertz CT molecular complexity index is 191. The largest absolute Gasteiger partial charge is 0.378 e. The van der Waals surface area contributed by atoms with Crippen LogP contribution in [-0.2, 0) is 9.47 Å². The molecule has 17 heavy (non-hydrogen) atoms. The third-order valence-electron chi connectivity index (χ3n) is 2.90. The van der Waals surface area contributed by atoms with Gasteiger partial charge in [-0.3, -0.25) is 0 Å². The number of alkyl halides is 2. The molecule has 3 nitrogen and oxygen atoms in total. The molecule has 0 saturated carbocycles. The SMILES string of the molecule is CCCC1CC(NCCOCC(F)F)CCO1. The fourth-order valence-electron chi connectivity index (χ4n) is 2.10. The van der Waals surface area contributed by atoms with Crippen LogP contribution in [0.15, 0.2) is 0 Å². The zero-order valence-corrected chi connectivity index (χ0v) is 10.5. The van der Waals surface area contributed by atoms with Crippen molar-refractivity contribution in [3.05, 3.63) is 0 Å². The molecule has 1 saturated heterocycles. The Kier molecular flexibility index (Phi) is 7.64. The second-order valence-electron chi connectivity index (χ2n) is 4.42. The van der Waals surface area contributed by atoms with E-state index in [0.29, 0.717) is 25.3 Å². The topological polar surface area (TPSA) is 30.5 Å². The van der Waals surface area contributed by atoms with Crippen LogP contribution in [0.5, 0.6) is 0 Å². The van der Waals surface area contributed by atoms with Crippen molar-refractivity contribution in [2.45, 2.75) is 51.2 Å². The highest BCUT2D eigenvalue weighted by Gasteiger charge is 2.21. The van der Waals surface area contributed by atoms with Crippen molar-refractivity contribution < 1.29 is 18.3 Å². The minimum atomic E-state index is -2.37. The van der Waals surface area contributed by atoms with Crippen LogP contribution < -0.4 is 5.32 Å². The van der Waals surface area contributed by atoms with Crippen LogP contribution in [-0.4, -0.2) is 44.9 Å². The van der Waals surface area contributed by atoms with Gasteiger partial charge in [0, 0.05) is 19.2 Å². The van der Waals surface area contributed by atoms with E-state index >= 15 is 0 Å². The summed E-state index contributed by atoms with van der Waals surface area (Å²) >= 11 is 0. The molecule has 2 atom stereocenters. The van der Waals surface area contributed by atoms with E-state index in [9.17, 15) is 8.78 Å². The minimum absolute atomic E-state index is 0.347. The molecular weight excluding hydrogens is 228 g/mol. The van der Waals surface area contributed by atoms with Crippen LogP contribution in [0.2, 0.25) is 0 Å². The molecule has 0 amide bonds. The number of nitrogens with one attached hydrogen (secondary N) is 1. The Morgan fingerprint density at radius 2 is 2.29 bits per heavy atom. The summed E-state index contributed by atoms with van der Waals surface area (Å²) in [6.45, 7) is 3.46. The number of rotatable bonds is 8. The molecule has 0 aliphatic carbocycles. The van der Waals surface area contributed by atoms with Crippen LogP contribution in [0.3, 0.4) is 0 Å². The molecule has 1 fully saturated rings. The second kappa shape index (κ2) is 8.78. The average Bonchev–Trinajstić information content (AvgIpc) is 2.29. The lowest BCUT2D eigenvalue weighted by Gasteiger charge is -2.30. The Labute approximate surface area is 102 Å². The fraction of sp³-hybridized carbons (Fsp3) is 1.00. The fourth-order valence-corrected chi connectivity index (χ4v) is 2.10. The number of ether oxygens (including phenoxy) is 2. The normalized spacial score (nSPS) is 25.4. The Morgan fingerprint density at radius 3 is 3.00 bits per heavy atom. The van der Waals surface area contributed by atoms with Gasteiger partial charge in [-0.15, -0.1) is 0 Å². The number of halogens is 2. The summed E-state index contributed by atoms with van der Waals surface area (Å²) in [4.78, 5) is 0. The average molecular weight is 251 g/mol. The summed E-state index contributed by atoms with van der Waals surface area (Å²) in [6, 6.07) is 0.440. The van der Waals surface area contributed by atoms with Crippen molar-refractivity contribution in [3.8, 4) is 0 Å². The van der Waals surface area contributed by atoms with Crippen LogP contribution in [0.1, 0.15) is 32.6 Å². The smallest absolute Gasteiger partial charge is 0.261 e. The van der Waals surface area contributed by atoms with Gasteiger partial charge in [0.1, 0.15) is 6.61 Å². The van der Waals surface area contributed by atoms with Gasteiger partial charge >= 0.3 is 0 Å². The van der Waals surface area contributed by atoms with Gasteiger partial charge in [-0.2, -0.15) is 0 Å². The van der Waals surface area contributed by atoms with E-state index in [2.05, 4.69) is 12.2 Å². The van der Waals surface area contributed by atoms with Crippen molar-refractivity contribution in [3.63, 3.8) is 0 Å². The third-order valence-corrected chi connectivity index (χ3v) is 2.90. The summed E-state index contributed by atoms with van der Waals surface area (Å²) in [7, 11) is 0. The first kappa shape index (κ1) is 14.8. The maximum absolute atomic E-state index is 11.8. The van der Waals surface area contributed by atoms with Crippen LogP contribution in [0.25, 0.3) is 0 Å². The molecule has 0 aromatic heterocycles. The first-order valence-corrected chi connectivity index (χ1v) is 6.43. The standard InChI is InChI=1S/C12H23F2NO2/c1-2-3-11-8-10(4-6-17-11)15-5-7-16-9-12(13)14/h10-12,15H,2-9H2,1H3. The molecule has 5 heteroatoms. The van der Waals surface area contributed by atoms with Crippen LogP contribution in [0, 0.1) is 0 Å². The first-order valence-electron chi connectivity index (χ1n) is 6.43. The third kappa shape index (κ3) is 6.91. The molecule has 1 aliphatic heterocycles. The predicted molar refractivity (Wildman–Crippen MR) is 62.5 cm³/mol. The molecule has 1 heterocycles. The molecule has 0 bridgehead atoms. The number of hydrogen-bond donors (Lipinski definition) is 1. The molecule has 0 spiro atoms. The molecule has 0 aromatic rings. The van der Waals surface area contributed by atoms with Gasteiger partial charge in [0.15, 0.2) is 0 Å². The van der Waals surface area contributed by atoms with Gasteiger partial charge in [0.05, 0.1) is 12.7 Å².